The number of para-hydroxylation sites is 1. The van der Waals surface area contributed by atoms with Crippen LogP contribution in [0.2, 0.25) is 0 Å². The molecule has 0 unspecified atom stereocenters. The van der Waals surface area contributed by atoms with Crippen LogP contribution in [-0.2, 0) is 6.61 Å². The SMILES string of the molecule is CCCCCOc1cc(CO)c2ccccc2n1. The third kappa shape index (κ3) is 2.99. The first-order valence-electron chi connectivity index (χ1n) is 6.47. The predicted molar refractivity (Wildman–Crippen MR) is 72.7 cm³/mol. The predicted octanol–water partition coefficient (Wildman–Crippen LogP) is 3.30. The van der Waals surface area contributed by atoms with Crippen molar-refractivity contribution in [2.24, 2.45) is 0 Å². The van der Waals surface area contributed by atoms with E-state index in [1.54, 1.807) is 0 Å². The Labute approximate surface area is 107 Å². The van der Waals surface area contributed by atoms with Crippen molar-refractivity contribution in [3.05, 3.63) is 35.9 Å². The van der Waals surface area contributed by atoms with Gasteiger partial charge in [0.05, 0.1) is 18.7 Å². The Bertz CT molecular complexity index is 511. The Balaban J connectivity index is 2.18. The summed E-state index contributed by atoms with van der Waals surface area (Å²) >= 11 is 0. The zero-order valence-electron chi connectivity index (χ0n) is 10.7. The lowest BCUT2D eigenvalue weighted by Gasteiger charge is -2.09. The van der Waals surface area contributed by atoms with Gasteiger partial charge >= 0.3 is 0 Å². The Hall–Kier alpha value is -1.61. The molecular weight excluding hydrogens is 226 g/mol. The first-order chi connectivity index (χ1) is 8.85. The van der Waals surface area contributed by atoms with Crippen LogP contribution in [0.15, 0.2) is 30.3 Å². The zero-order chi connectivity index (χ0) is 12.8. The average molecular weight is 245 g/mol. The molecule has 0 fully saturated rings. The lowest BCUT2D eigenvalue weighted by Crippen LogP contribution is -2.00. The molecule has 2 aromatic rings. The van der Waals surface area contributed by atoms with Crippen LogP contribution < -0.4 is 4.74 Å². The van der Waals surface area contributed by atoms with E-state index in [2.05, 4.69) is 11.9 Å². The summed E-state index contributed by atoms with van der Waals surface area (Å²) in [6, 6.07) is 9.62. The fourth-order valence-corrected chi connectivity index (χ4v) is 1.95. The fraction of sp³-hybridized carbons (Fsp3) is 0.400. The van der Waals surface area contributed by atoms with Gasteiger partial charge in [-0.1, -0.05) is 38.0 Å². The molecule has 0 aliphatic rings. The van der Waals surface area contributed by atoms with Gasteiger partial charge in [0.15, 0.2) is 0 Å². The van der Waals surface area contributed by atoms with E-state index in [0.717, 1.165) is 22.9 Å². The van der Waals surface area contributed by atoms with Crippen LogP contribution in [0.25, 0.3) is 10.9 Å². The van der Waals surface area contributed by atoms with Crippen LogP contribution in [0, 0.1) is 0 Å². The molecule has 0 atom stereocenters. The van der Waals surface area contributed by atoms with E-state index in [9.17, 15) is 5.11 Å². The van der Waals surface area contributed by atoms with E-state index in [4.69, 9.17) is 4.74 Å². The van der Waals surface area contributed by atoms with Crippen molar-refractivity contribution in [2.75, 3.05) is 6.61 Å². The van der Waals surface area contributed by atoms with E-state index in [1.165, 1.54) is 12.8 Å². The summed E-state index contributed by atoms with van der Waals surface area (Å²) in [7, 11) is 0. The maximum Gasteiger partial charge on any atom is 0.214 e. The monoisotopic (exact) mass is 245 g/mol. The molecule has 2 rings (SSSR count). The first-order valence-corrected chi connectivity index (χ1v) is 6.47. The van der Waals surface area contributed by atoms with Crippen molar-refractivity contribution in [3.63, 3.8) is 0 Å². The van der Waals surface area contributed by atoms with Crippen molar-refractivity contribution >= 4 is 10.9 Å². The lowest BCUT2D eigenvalue weighted by molar-refractivity contribution is 0.277. The molecule has 0 radical (unpaired) electrons. The van der Waals surface area contributed by atoms with Crippen LogP contribution in [0.5, 0.6) is 5.88 Å². The number of aromatic nitrogens is 1. The van der Waals surface area contributed by atoms with Crippen molar-refractivity contribution in [2.45, 2.75) is 32.8 Å². The number of aliphatic hydroxyl groups is 1. The molecular formula is C15H19NO2. The maximum atomic E-state index is 9.39. The van der Waals surface area contributed by atoms with Gasteiger partial charge in [0.2, 0.25) is 5.88 Å². The Kier molecular flexibility index (Phi) is 4.53. The number of hydrogen-bond donors (Lipinski definition) is 1. The van der Waals surface area contributed by atoms with Crippen LogP contribution in [0.4, 0.5) is 0 Å². The van der Waals surface area contributed by atoms with Gasteiger partial charge in [0.25, 0.3) is 0 Å². The maximum absolute atomic E-state index is 9.39. The van der Waals surface area contributed by atoms with Crippen LogP contribution >= 0.6 is 0 Å². The average Bonchev–Trinajstić information content (AvgIpc) is 2.42. The van der Waals surface area contributed by atoms with Crippen molar-refractivity contribution in [1.82, 2.24) is 4.98 Å². The molecule has 0 bridgehead atoms. The highest BCUT2D eigenvalue weighted by atomic mass is 16.5. The second kappa shape index (κ2) is 6.36. The molecule has 3 heteroatoms. The van der Waals surface area contributed by atoms with E-state index >= 15 is 0 Å². The second-order valence-corrected chi connectivity index (χ2v) is 4.35. The van der Waals surface area contributed by atoms with Gasteiger partial charge in [-0.15, -0.1) is 0 Å². The smallest absolute Gasteiger partial charge is 0.214 e. The van der Waals surface area contributed by atoms with Gasteiger partial charge in [-0.3, -0.25) is 0 Å². The zero-order valence-corrected chi connectivity index (χ0v) is 10.7. The molecule has 18 heavy (non-hydrogen) atoms. The topological polar surface area (TPSA) is 42.4 Å². The van der Waals surface area contributed by atoms with Crippen LogP contribution in [0.1, 0.15) is 31.7 Å². The number of pyridine rings is 1. The molecule has 0 saturated heterocycles. The Morgan fingerprint density at radius 3 is 2.83 bits per heavy atom. The number of hydrogen-bond acceptors (Lipinski definition) is 3. The third-order valence-electron chi connectivity index (χ3n) is 2.95. The summed E-state index contributed by atoms with van der Waals surface area (Å²) < 4.78 is 5.64. The summed E-state index contributed by atoms with van der Waals surface area (Å²) in [5, 5.41) is 10.4. The molecule has 1 heterocycles. The molecule has 0 aliphatic carbocycles. The normalized spacial score (nSPS) is 10.8. The molecule has 0 aliphatic heterocycles. The van der Waals surface area contributed by atoms with Crippen molar-refractivity contribution in [1.29, 1.82) is 0 Å². The number of aliphatic hydroxyl groups excluding tert-OH is 1. The molecule has 1 aromatic heterocycles. The number of unbranched alkanes of at least 4 members (excludes halogenated alkanes) is 2. The van der Waals surface area contributed by atoms with Crippen LogP contribution in [0.3, 0.4) is 0 Å². The highest BCUT2D eigenvalue weighted by molar-refractivity contribution is 5.82. The fourth-order valence-electron chi connectivity index (χ4n) is 1.95. The highest BCUT2D eigenvalue weighted by Gasteiger charge is 2.05. The van der Waals surface area contributed by atoms with Crippen LogP contribution in [-0.4, -0.2) is 16.7 Å². The molecule has 0 saturated carbocycles. The van der Waals surface area contributed by atoms with Gasteiger partial charge in [-0.2, -0.15) is 0 Å². The number of ether oxygens (including phenoxy) is 1. The van der Waals surface area contributed by atoms with Gasteiger partial charge in [-0.05, 0) is 18.1 Å². The Morgan fingerprint density at radius 1 is 1.22 bits per heavy atom. The minimum absolute atomic E-state index is 0.00829. The van der Waals surface area contributed by atoms with E-state index in [-0.39, 0.29) is 6.61 Å². The standard InChI is InChI=1S/C15H19NO2/c1-2-3-6-9-18-15-10-12(11-17)13-7-4-5-8-14(13)16-15/h4-5,7-8,10,17H,2-3,6,9,11H2,1H3. The lowest BCUT2D eigenvalue weighted by atomic mass is 10.1. The molecule has 96 valence electrons. The number of nitrogens with zero attached hydrogens (tertiary/aromatic N) is 1. The van der Waals surface area contributed by atoms with Gasteiger partial charge in [0.1, 0.15) is 0 Å². The summed E-state index contributed by atoms with van der Waals surface area (Å²) in [4.78, 5) is 4.45. The Morgan fingerprint density at radius 2 is 2.06 bits per heavy atom. The van der Waals surface area contributed by atoms with E-state index in [0.29, 0.717) is 12.5 Å². The first kappa shape index (κ1) is 12.8. The minimum Gasteiger partial charge on any atom is -0.478 e. The minimum atomic E-state index is 0.00829. The summed E-state index contributed by atoms with van der Waals surface area (Å²) in [6.45, 7) is 2.86. The van der Waals surface area contributed by atoms with E-state index < -0.39 is 0 Å². The summed E-state index contributed by atoms with van der Waals surface area (Å²) in [6.07, 6.45) is 3.39. The summed E-state index contributed by atoms with van der Waals surface area (Å²) in [5.41, 5.74) is 1.74. The number of rotatable bonds is 6. The number of benzene rings is 1. The molecule has 0 amide bonds. The second-order valence-electron chi connectivity index (χ2n) is 4.35. The van der Waals surface area contributed by atoms with Gasteiger partial charge in [0, 0.05) is 11.5 Å². The van der Waals surface area contributed by atoms with Crippen molar-refractivity contribution in [3.8, 4) is 5.88 Å². The molecule has 0 spiro atoms. The number of fused-ring (bicyclic) bond motifs is 1. The largest absolute Gasteiger partial charge is 0.478 e. The molecule has 1 N–H and O–H groups in total. The van der Waals surface area contributed by atoms with Gasteiger partial charge in [-0.25, -0.2) is 4.98 Å². The molecule has 1 aromatic carbocycles. The molecule has 3 nitrogen and oxygen atoms in total. The quantitative estimate of drug-likeness (QED) is 0.794. The van der Waals surface area contributed by atoms with Crippen molar-refractivity contribution < 1.29 is 9.84 Å². The van der Waals surface area contributed by atoms with Gasteiger partial charge < -0.3 is 9.84 Å². The summed E-state index contributed by atoms with van der Waals surface area (Å²) in [5.74, 6) is 0.605. The third-order valence-corrected chi connectivity index (χ3v) is 2.95. The van der Waals surface area contributed by atoms with E-state index in [1.807, 2.05) is 30.3 Å². The highest BCUT2D eigenvalue weighted by Crippen LogP contribution is 2.22.